The Morgan fingerprint density at radius 1 is 1.00 bits per heavy atom. The Hall–Kier alpha value is -2.49. The van der Waals surface area contributed by atoms with Gasteiger partial charge >= 0.3 is 0 Å². The van der Waals surface area contributed by atoms with Gasteiger partial charge in [0.05, 0.1) is 32.6 Å². The molecule has 1 aromatic carbocycles. The molecule has 9 heteroatoms. The third-order valence-electron chi connectivity index (χ3n) is 6.76. The van der Waals surface area contributed by atoms with Gasteiger partial charge in [0.2, 0.25) is 5.95 Å². The van der Waals surface area contributed by atoms with E-state index in [1.165, 1.54) is 19.3 Å². The molecule has 2 atom stereocenters. The average molecular weight is 464 g/mol. The summed E-state index contributed by atoms with van der Waals surface area (Å²) in [6.07, 6.45) is 8.05. The first kappa shape index (κ1) is 20.1. The van der Waals surface area contributed by atoms with E-state index in [0.29, 0.717) is 24.1 Å². The van der Waals surface area contributed by atoms with E-state index in [1.807, 2.05) is 18.6 Å². The van der Waals surface area contributed by atoms with E-state index in [2.05, 4.69) is 54.9 Å². The molecule has 5 heterocycles. The summed E-state index contributed by atoms with van der Waals surface area (Å²) < 4.78 is 1.09. The summed E-state index contributed by atoms with van der Waals surface area (Å²) >= 11 is 3.27. The van der Waals surface area contributed by atoms with Gasteiger partial charge in [-0.05, 0) is 38.7 Å². The zero-order valence-electron chi connectivity index (χ0n) is 18.2. The predicted octanol–water partition coefficient (Wildman–Crippen LogP) is 4.69. The highest BCUT2D eigenvalue weighted by Crippen LogP contribution is 2.37. The number of anilines is 1. The highest BCUT2D eigenvalue weighted by Gasteiger charge is 2.33. The van der Waals surface area contributed by atoms with Crippen LogP contribution in [0.1, 0.15) is 37.1 Å². The number of thiazole rings is 2. The Balaban J connectivity index is 1.28. The van der Waals surface area contributed by atoms with Crippen molar-refractivity contribution in [3.05, 3.63) is 34.2 Å². The lowest BCUT2D eigenvalue weighted by molar-refractivity contribution is 0.218. The van der Waals surface area contributed by atoms with Gasteiger partial charge in [-0.15, -0.1) is 32.9 Å². The summed E-state index contributed by atoms with van der Waals surface area (Å²) in [7, 11) is 2.11. The highest BCUT2D eigenvalue weighted by atomic mass is 32.1. The van der Waals surface area contributed by atoms with Crippen LogP contribution in [0.2, 0.25) is 0 Å². The molecule has 0 amide bonds. The Kier molecular flexibility index (Phi) is 5.12. The fourth-order valence-corrected chi connectivity index (χ4v) is 6.57. The van der Waals surface area contributed by atoms with E-state index < -0.39 is 0 Å². The molecule has 0 saturated carbocycles. The van der Waals surface area contributed by atoms with Crippen molar-refractivity contribution < 1.29 is 0 Å². The van der Waals surface area contributed by atoms with Crippen molar-refractivity contribution in [3.63, 3.8) is 0 Å². The predicted molar refractivity (Wildman–Crippen MR) is 130 cm³/mol. The van der Waals surface area contributed by atoms with E-state index in [9.17, 15) is 0 Å². The largest absolute Gasteiger partial charge is 0.339 e. The van der Waals surface area contributed by atoms with Crippen LogP contribution in [-0.4, -0.2) is 50.3 Å². The van der Waals surface area contributed by atoms with Gasteiger partial charge in [-0.2, -0.15) is 0 Å². The van der Waals surface area contributed by atoms with Crippen LogP contribution in [0.3, 0.4) is 0 Å². The van der Waals surface area contributed by atoms with E-state index in [0.717, 1.165) is 50.6 Å². The summed E-state index contributed by atoms with van der Waals surface area (Å²) in [5.41, 5.74) is 6.67. The monoisotopic (exact) mass is 463 g/mol. The first-order chi connectivity index (χ1) is 15.7. The van der Waals surface area contributed by atoms with E-state index in [-0.39, 0.29) is 0 Å². The standard InChI is InChI=1S/C23H25N7S2/c1-13-26-20(11-31-13)17-6-7-18(22-21(17)25-12-32-22)19-10-24-23(29-28-19)30(2)16-8-14-4-3-5-15(9-16)27-14/h6-7,10-12,14-16,27H,3-5,8-9H2,1-2H3/t14-,15-/m1/s1. The maximum atomic E-state index is 4.70. The summed E-state index contributed by atoms with van der Waals surface area (Å²) in [5.74, 6) is 0.703. The zero-order valence-corrected chi connectivity index (χ0v) is 19.8. The normalized spacial score (nSPS) is 22.9. The topological polar surface area (TPSA) is 79.7 Å². The molecule has 2 aliphatic rings. The lowest BCUT2D eigenvalue weighted by atomic mass is 9.83. The van der Waals surface area contributed by atoms with Crippen molar-refractivity contribution >= 4 is 38.8 Å². The van der Waals surface area contributed by atoms with Gasteiger partial charge in [0.1, 0.15) is 5.69 Å². The number of benzene rings is 1. The van der Waals surface area contributed by atoms with Crippen molar-refractivity contribution in [2.75, 3.05) is 11.9 Å². The van der Waals surface area contributed by atoms with Gasteiger partial charge in [-0.25, -0.2) is 15.0 Å². The van der Waals surface area contributed by atoms with Crippen LogP contribution in [0, 0.1) is 6.92 Å². The lowest BCUT2D eigenvalue weighted by Crippen LogP contribution is -2.54. The van der Waals surface area contributed by atoms with Crippen molar-refractivity contribution in [2.24, 2.45) is 0 Å². The summed E-state index contributed by atoms with van der Waals surface area (Å²) in [4.78, 5) is 16.2. The molecule has 0 spiro atoms. The molecule has 2 saturated heterocycles. The number of hydrogen-bond acceptors (Lipinski definition) is 9. The molecule has 6 rings (SSSR count). The third-order valence-corrected chi connectivity index (χ3v) is 8.39. The van der Waals surface area contributed by atoms with Crippen molar-refractivity contribution in [1.29, 1.82) is 0 Å². The quantitative estimate of drug-likeness (QED) is 0.470. The number of nitrogens with one attached hydrogen (secondary N) is 1. The molecule has 2 fully saturated rings. The maximum absolute atomic E-state index is 4.70. The van der Waals surface area contributed by atoms with Crippen LogP contribution in [0.4, 0.5) is 5.95 Å². The molecule has 32 heavy (non-hydrogen) atoms. The average Bonchev–Trinajstić information content (AvgIpc) is 3.47. The highest BCUT2D eigenvalue weighted by molar-refractivity contribution is 7.17. The fourth-order valence-electron chi connectivity index (χ4n) is 5.12. The fraction of sp³-hybridized carbons (Fsp3) is 0.435. The minimum Gasteiger partial charge on any atom is -0.339 e. The van der Waals surface area contributed by atoms with Crippen LogP contribution >= 0.6 is 22.7 Å². The number of fused-ring (bicyclic) bond motifs is 3. The van der Waals surface area contributed by atoms with Gasteiger partial charge in [-0.3, -0.25) is 0 Å². The van der Waals surface area contributed by atoms with Crippen LogP contribution in [0.15, 0.2) is 29.2 Å². The van der Waals surface area contributed by atoms with E-state index in [4.69, 9.17) is 4.98 Å². The molecular weight excluding hydrogens is 438 g/mol. The molecule has 0 aliphatic carbocycles. The van der Waals surface area contributed by atoms with Crippen LogP contribution in [-0.2, 0) is 0 Å². The Morgan fingerprint density at radius 3 is 2.53 bits per heavy atom. The van der Waals surface area contributed by atoms with E-state index >= 15 is 0 Å². The lowest BCUT2D eigenvalue weighted by Gasteiger charge is -2.43. The van der Waals surface area contributed by atoms with Crippen LogP contribution < -0.4 is 10.2 Å². The van der Waals surface area contributed by atoms with Crippen LogP contribution in [0.25, 0.3) is 32.7 Å². The molecular formula is C23H25N7S2. The van der Waals surface area contributed by atoms with E-state index in [1.54, 1.807) is 22.7 Å². The molecule has 2 aliphatic heterocycles. The first-order valence-corrected chi connectivity index (χ1v) is 12.9. The molecule has 164 valence electrons. The smallest absolute Gasteiger partial charge is 0.245 e. The van der Waals surface area contributed by atoms with Crippen molar-refractivity contribution in [1.82, 2.24) is 30.5 Å². The second-order valence-electron chi connectivity index (χ2n) is 8.81. The molecule has 3 aromatic heterocycles. The summed E-state index contributed by atoms with van der Waals surface area (Å²) in [6, 6.07) is 5.89. The van der Waals surface area contributed by atoms with Gasteiger partial charge in [0.15, 0.2) is 0 Å². The first-order valence-electron chi connectivity index (χ1n) is 11.1. The summed E-state index contributed by atoms with van der Waals surface area (Å²) in [6.45, 7) is 2.02. The van der Waals surface area contributed by atoms with Crippen molar-refractivity contribution in [3.8, 4) is 22.5 Å². The summed E-state index contributed by atoms with van der Waals surface area (Å²) in [5, 5.41) is 16.0. The van der Waals surface area contributed by atoms with Gasteiger partial charge < -0.3 is 10.2 Å². The molecule has 7 nitrogen and oxygen atoms in total. The second kappa shape index (κ2) is 8.13. The van der Waals surface area contributed by atoms with Gasteiger partial charge in [0, 0.05) is 41.7 Å². The number of nitrogens with zero attached hydrogens (tertiary/aromatic N) is 6. The third kappa shape index (κ3) is 3.58. The molecule has 0 unspecified atom stereocenters. The minimum absolute atomic E-state index is 0.466. The zero-order chi connectivity index (χ0) is 21.7. The Morgan fingerprint density at radius 2 is 1.81 bits per heavy atom. The number of piperidine rings is 2. The van der Waals surface area contributed by atoms with Crippen LogP contribution in [0.5, 0.6) is 0 Å². The number of rotatable bonds is 4. The molecule has 1 N–H and O–H groups in total. The van der Waals surface area contributed by atoms with Crippen molar-refractivity contribution in [2.45, 2.75) is 57.2 Å². The van der Waals surface area contributed by atoms with Gasteiger partial charge in [0.25, 0.3) is 0 Å². The minimum atomic E-state index is 0.466. The SMILES string of the molecule is Cc1nc(-c2ccc(-c3cnc(N(C)C4C[C@H]5CCC[C@H](C4)N5)nn3)c3scnc23)cs1. The molecule has 0 radical (unpaired) electrons. The number of hydrogen-bond donors (Lipinski definition) is 1. The van der Waals surface area contributed by atoms with Gasteiger partial charge in [-0.1, -0.05) is 12.5 Å². The second-order valence-corrected chi connectivity index (χ2v) is 10.7. The number of aryl methyl sites for hydroxylation is 1. The Labute approximate surface area is 195 Å². The Bertz CT molecular complexity index is 1240. The molecule has 4 aromatic rings. The molecule has 2 bridgehead atoms. The maximum Gasteiger partial charge on any atom is 0.245 e. The number of aromatic nitrogens is 5.